The summed E-state index contributed by atoms with van der Waals surface area (Å²) < 4.78 is 11.3. The summed E-state index contributed by atoms with van der Waals surface area (Å²) >= 11 is 0. The van der Waals surface area contributed by atoms with Crippen LogP contribution in [0.1, 0.15) is 24.2 Å². The van der Waals surface area contributed by atoms with Gasteiger partial charge in [0.1, 0.15) is 17.6 Å². The van der Waals surface area contributed by atoms with Gasteiger partial charge >= 0.3 is 0 Å². The van der Waals surface area contributed by atoms with E-state index in [4.69, 9.17) is 9.47 Å². The molecule has 0 fully saturated rings. The maximum Gasteiger partial charge on any atom is 0.145 e. The van der Waals surface area contributed by atoms with Gasteiger partial charge in [-0.3, -0.25) is 0 Å². The Balaban J connectivity index is 1.94. The second kappa shape index (κ2) is 4.81. The summed E-state index contributed by atoms with van der Waals surface area (Å²) in [7, 11) is 1.67. The molecule has 0 spiro atoms. The van der Waals surface area contributed by atoms with Crippen LogP contribution in [0.2, 0.25) is 0 Å². The van der Waals surface area contributed by atoms with Crippen molar-refractivity contribution in [2.24, 2.45) is 0 Å². The van der Waals surface area contributed by atoms with E-state index in [1.807, 2.05) is 30.3 Å². The molecule has 2 aromatic carbocycles. The average Bonchev–Trinajstić information content (AvgIpc) is 2.47. The van der Waals surface area contributed by atoms with Gasteiger partial charge in [0.15, 0.2) is 0 Å². The standard InChI is InChI=1S/C17H16O2/c1-12-11-14-5-3-4-6-16(14)19-17(12)13-7-9-15(18-2)10-8-13/h3-11,17H,1-2H3. The molecule has 2 aromatic rings. The summed E-state index contributed by atoms with van der Waals surface area (Å²) in [5.74, 6) is 1.80. The van der Waals surface area contributed by atoms with Gasteiger partial charge in [0, 0.05) is 5.56 Å². The van der Waals surface area contributed by atoms with E-state index in [0.29, 0.717) is 0 Å². The molecule has 2 heteroatoms. The lowest BCUT2D eigenvalue weighted by Crippen LogP contribution is -2.13. The van der Waals surface area contributed by atoms with Gasteiger partial charge in [-0.25, -0.2) is 0 Å². The van der Waals surface area contributed by atoms with Gasteiger partial charge in [0.05, 0.1) is 7.11 Å². The molecule has 3 rings (SSSR count). The summed E-state index contributed by atoms with van der Waals surface area (Å²) in [6, 6.07) is 16.1. The van der Waals surface area contributed by atoms with Crippen molar-refractivity contribution in [3.05, 3.63) is 65.2 Å². The minimum Gasteiger partial charge on any atom is -0.497 e. The maximum absolute atomic E-state index is 6.09. The van der Waals surface area contributed by atoms with E-state index in [-0.39, 0.29) is 6.10 Å². The van der Waals surface area contributed by atoms with Gasteiger partial charge in [0.25, 0.3) is 0 Å². The van der Waals surface area contributed by atoms with Crippen LogP contribution in [0.5, 0.6) is 11.5 Å². The molecule has 1 unspecified atom stereocenters. The molecule has 1 heterocycles. The van der Waals surface area contributed by atoms with E-state index in [1.54, 1.807) is 7.11 Å². The Kier molecular flexibility index (Phi) is 3.00. The second-order valence-corrected chi connectivity index (χ2v) is 4.70. The third-order valence-corrected chi connectivity index (χ3v) is 3.38. The molecule has 1 aliphatic rings. The first-order chi connectivity index (χ1) is 9.28. The SMILES string of the molecule is COc1ccc(C2Oc3ccccc3C=C2C)cc1. The smallest absolute Gasteiger partial charge is 0.145 e. The fraction of sp³-hybridized carbons (Fsp3) is 0.176. The van der Waals surface area contributed by atoms with E-state index in [1.165, 1.54) is 5.57 Å². The summed E-state index contributed by atoms with van der Waals surface area (Å²) in [4.78, 5) is 0. The molecule has 0 aliphatic carbocycles. The topological polar surface area (TPSA) is 18.5 Å². The van der Waals surface area contributed by atoms with Crippen LogP contribution >= 0.6 is 0 Å². The van der Waals surface area contributed by atoms with Crippen molar-refractivity contribution in [1.82, 2.24) is 0 Å². The normalized spacial score (nSPS) is 17.2. The molecular weight excluding hydrogens is 236 g/mol. The quantitative estimate of drug-likeness (QED) is 0.796. The Morgan fingerprint density at radius 2 is 1.74 bits per heavy atom. The van der Waals surface area contributed by atoms with Gasteiger partial charge in [0.2, 0.25) is 0 Å². The number of para-hydroxylation sites is 1. The van der Waals surface area contributed by atoms with E-state index < -0.39 is 0 Å². The van der Waals surface area contributed by atoms with Crippen molar-refractivity contribution in [1.29, 1.82) is 0 Å². The lowest BCUT2D eigenvalue weighted by molar-refractivity contribution is 0.238. The largest absolute Gasteiger partial charge is 0.497 e. The third-order valence-electron chi connectivity index (χ3n) is 3.38. The molecule has 0 aromatic heterocycles. The summed E-state index contributed by atoms with van der Waals surface area (Å²) in [5, 5.41) is 0. The molecular formula is C17H16O2. The van der Waals surface area contributed by atoms with Crippen LogP contribution in [0.25, 0.3) is 6.08 Å². The molecule has 96 valence electrons. The number of hydrogen-bond acceptors (Lipinski definition) is 2. The van der Waals surface area contributed by atoms with Crippen LogP contribution in [0, 0.1) is 0 Å². The van der Waals surface area contributed by atoms with Crippen molar-refractivity contribution in [2.45, 2.75) is 13.0 Å². The minimum atomic E-state index is -0.0131. The fourth-order valence-electron chi connectivity index (χ4n) is 2.36. The second-order valence-electron chi connectivity index (χ2n) is 4.70. The highest BCUT2D eigenvalue weighted by Crippen LogP contribution is 2.37. The fourth-order valence-corrected chi connectivity index (χ4v) is 2.36. The van der Waals surface area contributed by atoms with E-state index in [2.05, 4.69) is 31.2 Å². The Morgan fingerprint density at radius 3 is 2.47 bits per heavy atom. The van der Waals surface area contributed by atoms with Crippen molar-refractivity contribution >= 4 is 6.08 Å². The Bertz CT molecular complexity index is 611. The Hall–Kier alpha value is -2.22. The lowest BCUT2D eigenvalue weighted by atomic mass is 9.97. The Morgan fingerprint density at radius 1 is 1.00 bits per heavy atom. The summed E-state index contributed by atoms with van der Waals surface area (Å²) in [6.07, 6.45) is 2.18. The number of ether oxygens (including phenoxy) is 2. The number of fused-ring (bicyclic) bond motifs is 1. The van der Waals surface area contributed by atoms with Crippen LogP contribution in [-0.2, 0) is 0 Å². The number of hydrogen-bond donors (Lipinski definition) is 0. The van der Waals surface area contributed by atoms with Crippen molar-refractivity contribution in [2.75, 3.05) is 7.11 Å². The molecule has 1 aliphatic heterocycles. The van der Waals surface area contributed by atoms with Crippen molar-refractivity contribution < 1.29 is 9.47 Å². The molecule has 0 radical (unpaired) electrons. The van der Waals surface area contributed by atoms with E-state index in [0.717, 1.165) is 22.6 Å². The molecule has 0 N–H and O–H groups in total. The van der Waals surface area contributed by atoms with Gasteiger partial charge in [-0.1, -0.05) is 30.3 Å². The molecule has 1 atom stereocenters. The highest BCUT2D eigenvalue weighted by atomic mass is 16.5. The predicted octanol–water partition coefficient (Wildman–Crippen LogP) is 4.23. The Labute approximate surface area is 113 Å². The van der Waals surface area contributed by atoms with E-state index >= 15 is 0 Å². The predicted molar refractivity (Wildman–Crippen MR) is 76.5 cm³/mol. The zero-order valence-corrected chi connectivity index (χ0v) is 11.1. The number of benzene rings is 2. The number of methoxy groups -OCH3 is 1. The lowest BCUT2D eigenvalue weighted by Gasteiger charge is -2.26. The van der Waals surface area contributed by atoms with E-state index in [9.17, 15) is 0 Å². The van der Waals surface area contributed by atoms with Gasteiger partial charge < -0.3 is 9.47 Å². The maximum atomic E-state index is 6.09. The van der Waals surface area contributed by atoms with Crippen LogP contribution in [-0.4, -0.2) is 7.11 Å². The minimum absolute atomic E-state index is 0.0131. The molecule has 0 saturated carbocycles. The zero-order valence-electron chi connectivity index (χ0n) is 11.1. The van der Waals surface area contributed by atoms with Crippen LogP contribution in [0.15, 0.2) is 54.1 Å². The average molecular weight is 252 g/mol. The molecule has 19 heavy (non-hydrogen) atoms. The van der Waals surface area contributed by atoms with Gasteiger partial charge in [-0.15, -0.1) is 0 Å². The molecule has 0 bridgehead atoms. The van der Waals surface area contributed by atoms with Crippen LogP contribution in [0.4, 0.5) is 0 Å². The van der Waals surface area contributed by atoms with Gasteiger partial charge in [-0.05, 0) is 42.3 Å². The molecule has 0 saturated heterocycles. The zero-order chi connectivity index (χ0) is 13.2. The van der Waals surface area contributed by atoms with Crippen LogP contribution < -0.4 is 9.47 Å². The first-order valence-electron chi connectivity index (χ1n) is 6.36. The number of rotatable bonds is 2. The highest BCUT2D eigenvalue weighted by Gasteiger charge is 2.21. The first kappa shape index (κ1) is 11.8. The molecule has 2 nitrogen and oxygen atoms in total. The highest BCUT2D eigenvalue weighted by molar-refractivity contribution is 5.63. The van der Waals surface area contributed by atoms with Crippen molar-refractivity contribution in [3.8, 4) is 11.5 Å². The molecule has 0 amide bonds. The monoisotopic (exact) mass is 252 g/mol. The van der Waals surface area contributed by atoms with Crippen molar-refractivity contribution in [3.63, 3.8) is 0 Å². The first-order valence-corrected chi connectivity index (χ1v) is 6.36. The van der Waals surface area contributed by atoms with Crippen LogP contribution in [0.3, 0.4) is 0 Å². The summed E-state index contributed by atoms with van der Waals surface area (Å²) in [6.45, 7) is 2.10. The summed E-state index contributed by atoms with van der Waals surface area (Å²) in [5.41, 5.74) is 3.50. The third kappa shape index (κ3) is 2.22. The van der Waals surface area contributed by atoms with Gasteiger partial charge in [-0.2, -0.15) is 0 Å².